The van der Waals surface area contributed by atoms with Gasteiger partial charge in [0.2, 0.25) is 0 Å². The topological polar surface area (TPSA) is 89.3 Å². The summed E-state index contributed by atoms with van der Waals surface area (Å²) in [5.41, 5.74) is 3.99. The van der Waals surface area contributed by atoms with Crippen LogP contribution >= 0.6 is 0 Å². The van der Waals surface area contributed by atoms with Crippen LogP contribution in [0.4, 0.5) is 5.82 Å². The second-order valence-electron chi connectivity index (χ2n) is 7.94. The standard InChI is InChI=1S/C24H25N7O2/c1-3-33-20-10-8-19(9-11-20)31-23-21(27-28-31)22(25-16-26-23)29-12-14-30(15-13-29)24(32)18-6-4-17(2)5-7-18/h4-11,16H,3,12-15H2,1-2H3. The molecule has 9 heteroatoms. The predicted octanol–water partition coefficient (Wildman–Crippen LogP) is 2.88. The summed E-state index contributed by atoms with van der Waals surface area (Å²) in [4.78, 5) is 25.8. The first kappa shape index (κ1) is 20.9. The molecular formula is C24H25N7O2. The summed E-state index contributed by atoms with van der Waals surface area (Å²) in [5.74, 6) is 1.60. The molecule has 0 radical (unpaired) electrons. The van der Waals surface area contributed by atoms with Gasteiger partial charge in [0.25, 0.3) is 5.91 Å². The van der Waals surface area contributed by atoms with Gasteiger partial charge in [-0.25, -0.2) is 9.97 Å². The van der Waals surface area contributed by atoms with Crippen LogP contribution < -0.4 is 9.64 Å². The van der Waals surface area contributed by atoms with Crippen LogP contribution in [0, 0.1) is 6.92 Å². The molecule has 0 N–H and O–H groups in total. The lowest BCUT2D eigenvalue weighted by Gasteiger charge is -2.35. The van der Waals surface area contributed by atoms with Crippen molar-refractivity contribution in [3.63, 3.8) is 0 Å². The first-order chi connectivity index (χ1) is 16.1. The summed E-state index contributed by atoms with van der Waals surface area (Å²) in [6, 6.07) is 15.4. The Bertz CT molecular complexity index is 1260. The lowest BCUT2D eigenvalue weighted by atomic mass is 10.1. The SMILES string of the molecule is CCOc1ccc(-n2nnc3c(N4CCN(C(=O)c5ccc(C)cc5)CC4)ncnc32)cc1. The van der Waals surface area contributed by atoms with E-state index in [0.29, 0.717) is 43.9 Å². The summed E-state index contributed by atoms with van der Waals surface area (Å²) < 4.78 is 7.22. The van der Waals surface area contributed by atoms with Crippen LogP contribution in [0.1, 0.15) is 22.8 Å². The van der Waals surface area contributed by atoms with Crippen molar-refractivity contribution in [2.24, 2.45) is 0 Å². The van der Waals surface area contributed by atoms with E-state index in [1.54, 1.807) is 4.68 Å². The minimum Gasteiger partial charge on any atom is -0.494 e. The minimum atomic E-state index is 0.0592. The Morgan fingerprint density at radius 2 is 1.70 bits per heavy atom. The second-order valence-corrected chi connectivity index (χ2v) is 7.94. The van der Waals surface area contributed by atoms with Crippen molar-refractivity contribution in [3.8, 4) is 11.4 Å². The number of carbonyl (C=O) groups is 1. The third kappa shape index (κ3) is 4.09. The van der Waals surface area contributed by atoms with Crippen LogP contribution in [0.5, 0.6) is 5.75 Å². The highest BCUT2D eigenvalue weighted by atomic mass is 16.5. The van der Waals surface area contributed by atoms with E-state index < -0.39 is 0 Å². The average molecular weight is 444 g/mol. The number of rotatable bonds is 5. The Morgan fingerprint density at radius 1 is 0.970 bits per heavy atom. The van der Waals surface area contributed by atoms with Gasteiger partial charge in [0, 0.05) is 31.7 Å². The van der Waals surface area contributed by atoms with Gasteiger partial charge in [0.15, 0.2) is 17.0 Å². The smallest absolute Gasteiger partial charge is 0.253 e. The molecule has 0 atom stereocenters. The molecule has 4 aromatic rings. The van der Waals surface area contributed by atoms with Gasteiger partial charge in [-0.1, -0.05) is 22.9 Å². The van der Waals surface area contributed by atoms with Crippen LogP contribution in [0.2, 0.25) is 0 Å². The van der Waals surface area contributed by atoms with E-state index in [0.717, 1.165) is 28.4 Å². The highest BCUT2D eigenvalue weighted by Gasteiger charge is 2.25. The molecule has 5 rings (SSSR count). The minimum absolute atomic E-state index is 0.0592. The Hall–Kier alpha value is -4.01. The number of ether oxygens (including phenoxy) is 1. The van der Waals surface area contributed by atoms with Crippen LogP contribution in [0.25, 0.3) is 16.9 Å². The molecule has 0 unspecified atom stereocenters. The van der Waals surface area contributed by atoms with Crippen molar-refractivity contribution >= 4 is 22.9 Å². The maximum atomic E-state index is 12.8. The molecule has 1 aliphatic rings. The number of nitrogens with zero attached hydrogens (tertiary/aromatic N) is 7. The molecule has 1 fully saturated rings. The number of hydrogen-bond acceptors (Lipinski definition) is 7. The zero-order chi connectivity index (χ0) is 22.8. The maximum Gasteiger partial charge on any atom is 0.253 e. The number of benzene rings is 2. The van der Waals surface area contributed by atoms with Crippen LogP contribution in [-0.2, 0) is 0 Å². The lowest BCUT2D eigenvalue weighted by molar-refractivity contribution is 0.0746. The predicted molar refractivity (Wildman–Crippen MR) is 125 cm³/mol. The van der Waals surface area contributed by atoms with Crippen LogP contribution in [0.15, 0.2) is 54.9 Å². The van der Waals surface area contributed by atoms with E-state index in [1.807, 2.05) is 67.3 Å². The molecule has 2 aromatic carbocycles. The zero-order valence-electron chi connectivity index (χ0n) is 18.7. The van der Waals surface area contributed by atoms with Gasteiger partial charge in [0.1, 0.15) is 12.1 Å². The fraction of sp³-hybridized carbons (Fsp3) is 0.292. The molecule has 3 heterocycles. The summed E-state index contributed by atoms with van der Waals surface area (Å²) in [7, 11) is 0. The van der Waals surface area contributed by atoms with Gasteiger partial charge in [0.05, 0.1) is 12.3 Å². The van der Waals surface area contributed by atoms with Gasteiger partial charge in [-0.3, -0.25) is 4.79 Å². The highest BCUT2D eigenvalue weighted by Crippen LogP contribution is 2.24. The van der Waals surface area contributed by atoms with Crippen molar-refractivity contribution in [2.45, 2.75) is 13.8 Å². The molecule has 9 nitrogen and oxygen atoms in total. The van der Waals surface area contributed by atoms with Gasteiger partial charge >= 0.3 is 0 Å². The monoisotopic (exact) mass is 443 g/mol. The fourth-order valence-corrected chi connectivity index (χ4v) is 3.99. The van der Waals surface area contributed by atoms with Crippen LogP contribution in [-0.4, -0.2) is 68.6 Å². The van der Waals surface area contributed by atoms with Gasteiger partial charge in [-0.15, -0.1) is 5.10 Å². The first-order valence-electron chi connectivity index (χ1n) is 11.0. The van der Waals surface area contributed by atoms with Gasteiger partial charge in [-0.2, -0.15) is 4.68 Å². The molecule has 1 aliphatic heterocycles. The summed E-state index contributed by atoms with van der Waals surface area (Å²) in [6.45, 7) is 7.15. The summed E-state index contributed by atoms with van der Waals surface area (Å²) in [6.07, 6.45) is 1.54. The number of amides is 1. The molecule has 0 bridgehead atoms. The summed E-state index contributed by atoms with van der Waals surface area (Å²) in [5, 5.41) is 8.69. The van der Waals surface area contributed by atoms with E-state index in [4.69, 9.17) is 4.74 Å². The Balaban J connectivity index is 1.34. The number of carbonyl (C=O) groups excluding carboxylic acids is 1. The first-order valence-corrected chi connectivity index (χ1v) is 11.0. The molecular weight excluding hydrogens is 418 g/mol. The molecule has 0 spiro atoms. The second kappa shape index (κ2) is 8.85. The number of piperazine rings is 1. The average Bonchev–Trinajstić information content (AvgIpc) is 3.29. The molecule has 33 heavy (non-hydrogen) atoms. The fourth-order valence-electron chi connectivity index (χ4n) is 3.99. The Morgan fingerprint density at radius 3 is 2.39 bits per heavy atom. The van der Waals surface area contributed by atoms with E-state index in [-0.39, 0.29) is 5.91 Å². The lowest BCUT2D eigenvalue weighted by Crippen LogP contribution is -2.49. The maximum absolute atomic E-state index is 12.8. The van der Waals surface area contributed by atoms with E-state index >= 15 is 0 Å². The van der Waals surface area contributed by atoms with E-state index in [9.17, 15) is 4.79 Å². The molecule has 1 saturated heterocycles. The number of fused-ring (bicyclic) bond motifs is 1. The number of hydrogen-bond donors (Lipinski definition) is 0. The van der Waals surface area contributed by atoms with Crippen molar-refractivity contribution in [1.29, 1.82) is 0 Å². The van der Waals surface area contributed by atoms with Crippen LogP contribution in [0.3, 0.4) is 0 Å². The third-order valence-electron chi connectivity index (χ3n) is 5.78. The normalized spacial score (nSPS) is 14.0. The van der Waals surface area contributed by atoms with Crippen molar-refractivity contribution in [2.75, 3.05) is 37.7 Å². The third-order valence-corrected chi connectivity index (χ3v) is 5.78. The van der Waals surface area contributed by atoms with Gasteiger partial charge in [-0.05, 0) is 50.2 Å². The van der Waals surface area contributed by atoms with Gasteiger partial charge < -0.3 is 14.5 Å². The zero-order valence-corrected chi connectivity index (χ0v) is 18.7. The number of anilines is 1. The highest BCUT2D eigenvalue weighted by molar-refractivity contribution is 5.94. The van der Waals surface area contributed by atoms with Crippen molar-refractivity contribution < 1.29 is 9.53 Å². The molecule has 0 aliphatic carbocycles. The number of aromatic nitrogens is 5. The van der Waals surface area contributed by atoms with E-state index in [1.165, 1.54) is 6.33 Å². The largest absolute Gasteiger partial charge is 0.494 e. The quantitative estimate of drug-likeness (QED) is 0.469. The van der Waals surface area contributed by atoms with E-state index in [2.05, 4.69) is 25.2 Å². The van der Waals surface area contributed by atoms with Crippen molar-refractivity contribution in [3.05, 3.63) is 66.0 Å². The molecule has 0 saturated carbocycles. The molecule has 1 amide bonds. The Kier molecular flexibility index (Phi) is 5.60. The molecule has 2 aromatic heterocycles. The summed E-state index contributed by atoms with van der Waals surface area (Å²) >= 11 is 0. The molecule has 168 valence electrons. The Labute approximate surface area is 191 Å². The van der Waals surface area contributed by atoms with Crippen molar-refractivity contribution in [1.82, 2.24) is 29.9 Å². The number of aryl methyl sites for hydroxylation is 1.